The van der Waals surface area contributed by atoms with Crippen LogP contribution in [0.3, 0.4) is 0 Å². The standard InChI is InChI=1S/C24H28N2O3S2/c1-3-18-11-8-12-19(4-2)23(18)26-20-15-31(28,29)16-21(20)30-24(26)25-22(27)14-13-17-9-6-5-7-10-17/h5-12,20-21H,3-4,13-16H2,1-2H3/t20-,21+/m1/s1. The summed E-state index contributed by atoms with van der Waals surface area (Å²) in [7, 11) is -3.09. The molecule has 0 radical (unpaired) electrons. The van der Waals surface area contributed by atoms with E-state index in [1.807, 2.05) is 30.3 Å². The van der Waals surface area contributed by atoms with Crippen molar-refractivity contribution in [3.63, 3.8) is 0 Å². The lowest BCUT2D eigenvalue weighted by molar-refractivity contribution is -0.117. The summed E-state index contributed by atoms with van der Waals surface area (Å²) in [5.41, 5.74) is 4.47. The van der Waals surface area contributed by atoms with Crippen LogP contribution in [0.5, 0.6) is 0 Å². The highest BCUT2D eigenvalue weighted by Gasteiger charge is 2.50. The molecule has 5 nitrogen and oxygen atoms in total. The number of carbonyl (C=O) groups is 1. The maximum atomic E-state index is 12.8. The van der Waals surface area contributed by atoms with Gasteiger partial charge in [0.2, 0.25) is 5.91 Å². The predicted octanol–water partition coefficient (Wildman–Crippen LogP) is 4.05. The first-order chi connectivity index (χ1) is 14.9. The Labute approximate surface area is 188 Å². The van der Waals surface area contributed by atoms with E-state index in [1.165, 1.54) is 11.8 Å². The second-order valence-electron chi connectivity index (χ2n) is 8.08. The number of aryl methyl sites for hydroxylation is 3. The minimum atomic E-state index is -3.09. The minimum Gasteiger partial charge on any atom is -0.315 e. The van der Waals surface area contributed by atoms with Gasteiger partial charge < -0.3 is 4.90 Å². The van der Waals surface area contributed by atoms with E-state index in [0.717, 1.165) is 35.2 Å². The van der Waals surface area contributed by atoms with Crippen molar-refractivity contribution in [1.29, 1.82) is 0 Å². The molecule has 0 aromatic heterocycles. The number of fused-ring (bicyclic) bond motifs is 1. The first kappa shape index (κ1) is 22.1. The van der Waals surface area contributed by atoms with Crippen LogP contribution in [0.15, 0.2) is 53.5 Å². The van der Waals surface area contributed by atoms with Crippen LogP contribution in [0.25, 0.3) is 0 Å². The molecule has 0 N–H and O–H groups in total. The van der Waals surface area contributed by atoms with Crippen LogP contribution in [0.2, 0.25) is 0 Å². The number of carbonyl (C=O) groups excluding carboxylic acids is 1. The third-order valence-electron chi connectivity index (χ3n) is 5.96. The van der Waals surface area contributed by atoms with Crippen LogP contribution in [-0.2, 0) is 33.9 Å². The van der Waals surface area contributed by atoms with E-state index in [0.29, 0.717) is 18.0 Å². The summed E-state index contributed by atoms with van der Waals surface area (Å²) in [6.45, 7) is 4.21. The Bertz CT molecular complexity index is 1070. The molecule has 7 heteroatoms. The molecule has 2 atom stereocenters. The number of nitrogens with zero attached hydrogens (tertiary/aromatic N) is 2. The highest BCUT2D eigenvalue weighted by molar-refractivity contribution is 8.16. The van der Waals surface area contributed by atoms with Gasteiger partial charge in [0.1, 0.15) is 0 Å². The molecule has 0 unspecified atom stereocenters. The van der Waals surface area contributed by atoms with E-state index in [-0.39, 0.29) is 28.7 Å². The van der Waals surface area contributed by atoms with Gasteiger partial charge in [0.25, 0.3) is 0 Å². The lowest BCUT2D eigenvalue weighted by Crippen LogP contribution is -2.39. The van der Waals surface area contributed by atoms with Gasteiger partial charge in [0.15, 0.2) is 15.0 Å². The Morgan fingerprint density at radius 2 is 1.71 bits per heavy atom. The highest BCUT2D eigenvalue weighted by Crippen LogP contribution is 2.43. The van der Waals surface area contributed by atoms with Crippen molar-refractivity contribution in [3.05, 3.63) is 65.2 Å². The van der Waals surface area contributed by atoms with Gasteiger partial charge in [-0.2, -0.15) is 4.99 Å². The number of amidine groups is 1. The van der Waals surface area contributed by atoms with E-state index in [9.17, 15) is 13.2 Å². The molecule has 2 aliphatic rings. The number of anilines is 1. The van der Waals surface area contributed by atoms with Gasteiger partial charge in [-0.3, -0.25) is 4.79 Å². The van der Waals surface area contributed by atoms with Crippen LogP contribution in [0, 0.1) is 0 Å². The summed E-state index contributed by atoms with van der Waals surface area (Å²) in [5, 5.41) is 0.568. The van der Waals surface area contributed by atoms with Gasteiger partial charge >= 0.3 is 0 Å². The molecule has 4 rings (SSSR count). The lowest BCUT2D eigenvalue weighted by atomic mass is 10.0. The smallest absolute Gasteiger partial charge is 0.248 e. The summed E-state index contributed by atoms with van der Waals surface area (Å²) in [5.74, 6) is 0.0979. The third kappa shape index (κ3) is 4.72. The largest absolute Gasteiger partial charge is 0.315 e. The van der Waals surface area contributed by atoms with Gasteiger partial charge in [-0.25, -0.2) is 8.42 Å². The Hall–Kier alpha value is -2.12. The second kappa shape index (κ2) is 9.17. The summed E-state index contributed by atoms with van der Waals surface area (Å²) in [6, 6.07) is 16.0. The topological polar surface area (TPSA) is 66.8 Å². The molecule has 1 amide bonds. The zero-order valence-corrected chi connectivity index (χ0v) is 19.6. The first-order valence-corrected chi connectivity index (χ1v) is 13.5. The van der Waals surface area contributed by atoms with Crippen LogP contribution < -0.4 is 4.90 Å². The molecule has 2 aromatic carbocycles. The first-order valence-electron chi connectivity index (χ1n) is 10.8. The van der Waals surface area contributed by atoms with Crippen molar-refractivity contribution in [2.24, 2.45) is 4.99 Å². The zero-order valence-electron chi connectivity index (χ0n) is 18.0. The molecule has 0 saturated carbocycles. The fourth-order valence-electron chi connectivity index (χ4n) is 4.41. The van der Waals surface area contributed by atoms with Crippen LogP contribution in [0.4, 0.5) is 5.69 Å². The summed E-state index contributed by atoms with van der Waals surface area (Å²) < 4.78 is 24.7. The third-order valence-corrected chi connectivity index (χ3v) is 9.17. The molecule has 164 valence electrons. The van der Waals surface area contributed by atoms with E-state index < -0.39 is 9.84 Å². The summed E-state index contributed by atoms with van der Waals surface area (Å²) >= 11 is 1.45. The Morgan fingerprint density at radius 3 is 2.35 bits per heavy atom. The quantitative estimate of drug-likeness (QED) is 0.656. The number of aliphatic imine (C=N–C) groups is 1. The summed E-state index contributed by atoms with van der Waals surface area (Å²) in [6.07, 6.45) is 2.66. The predicted molar refractivity (Wildman–Crippen MR) is 129 cm³/mol. The number of sulfone groups is 1. The Balaban J connectivity index is 1.67. The lowest BCUT2D eigenvalue weighted by Gasteiger charge is -2.29. The molecule has 2 fully saturated rings. The number of hydrogen-bond acceptors (Lipinski definition) is 4. The summed E-state index contributed by atoms with van der Waals surface area (Å²) in [4.78, 5) is 19.3. The second-order valence-corrected chi connectivity index (χ2v) is 11.4. The molecular weight excluding hydrogens is 428 g/mol. The van der Waals surface area contributed by atoms with Crippen LogP contribution in [0.1, 0.15) is 37.0 Å². The van der Waals surface area contributed by atoms with Gasteiger partial charge in [-0.1, -0.05) is 74.1 Å². The minimum absolute atomic E-state index is 0.0831. The van der Waals surface area contributed by atoms with Crippen molar-refractivity contribution >= 4 is 38.4 Å². The van der Waals surface area contributed by atoms with Gasteiger partial charge in [-0.05, 0) is 36.0 Å². The number of amides is 1. The van der Waals surface area contributed by atoms with Crippen molar-refractivity contribution in [2.45, 2.75) is 50.8 Å². The van der Waals surface area contributed by atoms with Gasteiger partial charge in [0.05, 0.1) is 17.5 Å². The Morgan fingerprint density at radius 1 is 1.03 bits per heavy atom. The molecule has 0 bridgehead atoms. The number of benzene rings is 2. The normalized spacial score (nSPS) is 23.3. The zero-order chi connectivity index (χ0) is 22.0. The SMILES string of the molecule is CCc1cccc(CC)c1N1C(=NC(=O)CCc2ccccc2)S[C@H]2CS(=O)(=O)C[C@H]21. The molecule has 31 heavy (non-hydrogen) atoms. The maximum Gasteiger partial charge on any atom is 0.248 e. The van der Waals surface area contributed by atoms with Crippen LogP contribution >= 0.6 is 11.8 Å². The number of rotatable bonds is 6. The van der Waals surface area contributed by atoms with Crippen molar-refractivity contribution in [2.75, 3.05) is 16.4 Å². The fraction of sp³-hybridized carbons (Fsp3) is 0.417. The molecule has 2 saturated heterocycles. The maximum absolute atomic E-state index is 12.8. The monoisotopic (exact) mass is 456 g/mol. The average Bonchev–Trinajstić information content (AvgIpc) is 3.22. The van der Waals surface area contributed by atoms with Crippen molar-refractivity contribution < 1.29 is 13.2 Å². The van der Waals surface area contributed by atoms with Gasteiger partial charge in [-0.15, -0.1) is 0 Å². The number of thioether (sulfide) groups is 1. The Kier molecular flexibility index (Phi) is 6.53. The molecule has 2 heterocycles. The number of hydrogen-bond donors (Lipinski definition) is 0. The van der Waals surface area contributed by atoms with Crippen molar-refractivity contribution in [3.8, 4) is 0 Å². The number of para-hydroxylation sites is 1. The van der Waals surface area contributed by atoms with E-state index in [1.54, 1.807) is 0 Å². The fourth-order valence-corrected chi connectivity index (χ4v) is 8.33. The molecular formula is C24H28N2O3S2. The van der Waals surface area contributed by atoms with Crippen molar-refractivity contribution in [1.82, 2.24) is 0 Å². The molecule has 0 aliphatic carbocycles. The highest BCUT2D eigenvalue weighted by atomic mass is 32.2. The van der Waals surface area contributed by atoms with E-state index >= 15 is 0 Å². The van der Waals surface area contributed by atoms with E-state index in [2.05, 4.69) is 41.9 Å². The van der Waals surface area contributed by atoms with E-state index in [4.69, 9.17) is 0 Å². The van der Waals surface area contributed by atoms with Crippen LogP contribution in [-0.4, -0.2) is 42.3 Å². The molecule has 0 spiro atoms. The van der Waals surface area contributed by atoms with Gasteiger partial charge in [0, 0.05) is 17.4 Å². The molecule has 2 aliphatic heterocycles. The average molecular weight is 457 g/mol. The molecule has 2 aromatic rings.